The number of carbonyl (C=O) groups is 4. The zero-order chi connectivity index (χ0) is 28.3. The molecule has 3 rings (SSSR count). The fraction of sp³-hybridized carbons (Fsp3) is 0.407. The van der Waals surface area contributed by atoms with Crippen molar-refractivity contribution in [2.24, 2.45) is 0 Å². The Balaban J connectivity index is 1.80. The van der Waals surface area contributed by atoms with Crippen molar-refractivity contribution < 1.29 is 42.9 Å². The van der Waals surface area contributed by atoms with E-state index in [1.165, 1.54) is 34.3 Å². The number of benzene rings is 2. The van der Waals surface area contributed by atoms with E-state index in [1.54, 1.807) is 13.0 Å². The molecule has 3 atom stereocenters. The van der Waals surface area contributed by atoms with Gasteiger partial charge in [-0.2, -0.15) is 0 Å². The Morgan fingerprint density at radius 1 is 1.16 bits per heavy atom. The number of esters is 1. The number of aldehydes is 1. The number of nitrogens with one attached hydrogen (secondary N) is 2. The fourth-order valence-electron chi connectivity index (χ4n) is 3.81. The predicted molar refractivity (Wildman–Crippen MR) is 136 cm³/mol. The standard InChI is InChI=1S/C27H32N2O9/c1-15-9-8-10-18-19(15)11-17(34-5)12-20(18)25(33)38-22(26(3)14-37-26)24(32)28-16(2)23(31)29-21(13-30)27(4,35-6)36-7/h8-13,21-22H,2,14H2,1,3-7H3,(H,28,32)(H,29,31)/t21-,22-,26-/m1/s1. The van der Waals surface area contributed by atoms with Crippen LogP contribution in [0.15, 0.2) is 42.6 Å². The molecule has 1 heterocycles. The molecule has 2 aromatic carbocycles. The van der Waals surface area contributed by atoms with Crippen LogP contribution in [0.25, 0.3) is 10.8 Å². The summed E-state index contributed by atoms with van der Waals surface area (Å²) in [6.45, 7) is 8.69. The number of epoxide rings is 1. The normalized spacial score (nSPS) is 18.2. The number of amides is 2. The summed E-state index contributed by atoms with van der Waals surface area (Å²) in [5, 5.41) is 6.15. The maximum Gasteiger partial charge on any atom is 0.339 e. The van der Waals surface area contributed by atoms with Crippen LogP contribution in [0.5, 0.6) is 5.75 Å². The van der Waals surface area contributed by atoms with Crippen LogP contribution in [-0.2, 0) is 33.3 Å². The lowest BCUT2D eigenvalue weighted by atomic mass is 10.00. The zero-order valence-corrected chi connectivity index (χ0v) is 22.2. The second-order valence-electron chi connectivity index (χ2n) is 9.21. The van der Waals surface area contributed by atoms with Crippen molar-refractivity contribution in [3.8, 4) is 5.75 Å². The second kappa shape index (κ2) is 11.3. The van der Waals surface area contributed by atoms with E-state index in [9.17, 15) is 19.2 Å². The van der Waals surface area contributed by atoms with E-state index in [1.807, 2.05) is 25.1 Å². The highest BCUT2D eigenvalue weighted by molar-refractivity contribution is 6.07. The third-order valence-electron chi connectivity index (χ3n) is 6.61. The second-order valence-corrected chi connectivity index (χ2v) is 9.21. The van der Waals surface area contributed by atoms with Crippen LogP contribution in [-0.4, -0.2) is 75.5 Å². The highest BCUT2D eigenvalue weighted by atomic mass is 16.7. The lowest BCUT2D eigenvalue weighted by molar-refractivity contribution is -0.208. The molecule has 2 N–H and O–H groups in total. The number of rotatable bonds is 12. The summed E-state index contributed by atoms with van der Waals surface area (Å²) in [6.07, 6.45) is -0.972. The lowest BCUT2D eigenvalue weighted by Gasteiger charge is -2.32. The number of hydrogen-bond acceptors (Lipinski definition) is 9. The quantitative estimate of drug-likeness (QED) is 0.139. The van der Waals surface area contributed by atoms with Crippen molar-refractivity contribution in [1.82, 2.24) is 10.6 Å². The molecule has 1 saturated heterocycles. The first-order chi connectivity index (χ1) is 17.9. The van der Waals surface area contributed by atoms with Gasteiger partial charge in [0, 0.05) is 14.2 Å². The van der Waals surface area contributed by atoms with Gasteiger partial charge in [0.2, 0.25) is 6.10 Å². The summed E-state index contributed by atoms with van der Waals surface area (Å²) in [6, 6.07) is 7.62. The van der Waals surface area contributed by atoms with Crippen molar-refractivity contribution >= 4 is 34.8 Å². The number of hydrogen-bond donors (Lipinski definition) is 2. The molecule has 1 aliphatic rings. The number of ether oxygens (including phenoxy) is 5. The number of carbonyl (C=O) groups excluding carboxylic acids is 4. The Kier molecular flexibility index (Phi) is 8.55. The van der Waals surface area contributed by atoms with Crippen LogP contribution in [0, 0.1) is 6.92 Å². The molecule has 0 spiro atoms. The highest BCUT2D eigenvalue weighted by Crippen LogP contribution is 2.34. The first kappa shape index (κ1) is 28.8. The Bertz CT molecular complexity index is 1260. The van der Waals surface area contributed by atoms with Crippen LogP contribution < -0.4 is 15.4 Å². The van der Waals surface area contributed by atoms with Gasteiger partial charge in [0.15, 0.2) is 5.79 Å². The lowest BCUT2D eigenvalue weighted by Crippen LogP contribution is -2.56. The molecular formula is C27H32N2O9. The number of aryl methyl sites for hydroxylation is 1. The van der Waals surface area contributed by atoms with Crippen LogP contribution in [0.4, 0.5) is 0 Å². The van der Waals surface area contributed by atoms with Crippen molar-refractivity contribution in [1.29, 1.82) is 0 Å². The van der Waals surface area contributed by atoms with Gasteiger partial charge in [-0.25, -0.2) is 4.79 Å². The average molecular weight is 529 g/mol. The third kappa shape index (κ3) is 5.85. The molecule has 2 amide bonds. The smallest absolute Gasteiger partial charge is 0.339 e. The predicted octanol–water partition coefficient (Wildman–Crippen LogP) is 1.79. The van der Waals surface area contributed by atoms with Crippen LogP contribution in [0.3, 0.4) is 0 Å². The van der Waals surface area contributed by atoms with E-state index in [0.717, 1.165) is 10.9 Å². The van der Waals surface area contributed by atoms with Gasteiger partial charge in [0.25, 0.3) is 11.8 Å². The summed E-state index contributed by atoms with van der Waals surface area (Å²) in [4.78, 5) is 50.7. The maximum absolute atomic E-state index is 13.3. The van der Waals surface area contributed by atoms with E-state index in [0.29, 0.717) is 17.4 Å². The van der Waals surface area contributed by atoms with E-state index >= 15 is 0 Å². The van der Waals surface area contributed by atoms with E-state index in [2.05, 4.69) is 17.2 Å². The van der Waals surface area contributed by atoms with Crippen molar-refractivity contribution in [3.63, 3.8) is 0 Å². The van der Waals surface area contributed by atoms with E-state index in [4.69, 9.17) is 23.7 Å². The molecular weight excluding hydrogens is 496 g/mol. The molecule has 0 unspecified atom stereocenters. The molecule has 2 aromatic rings. The van der Waals surface area contributed by atoms with Gasteiger partial charge in [-0.05, 0) is 49.2 Å². The molecule has 0 saturated carbocycles. The minimum absolute atomic E-state index is 0.155. The molecule has 204 valence electrons. The molecule has 0 radical (unpaired) electrons. The van der Waals surface area contributed by atoms with Crippen molar-refractivity contribution in [2.75, 3.05) is 27.9 Å². The van der Waals surface area contributed by atoms with Gasteiger partial charge in [0.05, 0.1) is 25.0 Å². The van der Waals surface area contributed by atoms with Crippen LogP contribution >= 0.6 is 0 Å². The molecule has 11 heteroatoms. The average Bonchev–Trinajstić information content (AvgIpc) is 3.66. The Morgan fingerprint density at radius 2 is 1.82 bits per heavy atom. The number of fused-ring (bicyclic) bond motifs is 1. The monoisotopic (exact) mass is 528 g/mol. The van der Waals surface area contributed by atoms with Gasteiger partial charge in [0.1, 0.15) is 23.7 Å². The minimum Gasteiger partial charge on any atom is -0.497 e. The molecule has 1 aliphatic heterocycles. The first-order valence-corrected chi connectivity index (χ1v) is 11.7. The maximum atomic E-state index is 13.3. The summed E-state index contributed by atoms with van der Waals surface area (Å²) >= 11 is 0. The molecule has 0 bridgehead atoms. The van der Waals surface area contributed by atoms with Crippen LogP contribution in [0.2, 0.25) is 0 Å². The largest absolute Gasteiger partial charge is 0.497 e. The summed E-state index contributed by atoms with van der Waals surface area (Å²) in [5.41, 5.74) is -0.355. The van der Waals surface area contributed by atoms with Gasteiger partial charge in [-0.3, -0.25) is 9.59 Å². The van der Waals surface area contributed by atoms with Gasteiger partial charge in [-0.1, -0.05) is 24.8 Å². The summed E-state index contributed by atoms with van der Waals surface area (Å²) < 4.78 is 26.7. The van der Waals surface area contributed by atoms with Crippen LogP contribution in [0.1, 0.15) is 29.8 Å². The SMILES string of the molecule is C=C(NC(=O)[C@@H](OC(=O)c1cc(OC)cc2c(C)cccc12)[C@@]1(C)CO1)C(=O)N[C@H](C=O)C(C)(OC)OC. The van der Waals surface area contributed by atoms with Gasteiger partial charge in [-0.15, -0.1) is 0 Å². The van der Waals surface area contributed by atoms with Gasteiger partial charge < -0.3 is 39.1 Å². The zero-order valence-electron chi connectivity index (χ0n) is 22.2. The van der Waals surface area contributed by atoms with Crippen molar-refractivity contribution in [3.05, 3.63) is 53.7 Å². The topological polar surface area (TPSA) is 142 Å². The molecule has 0 aromatic heterocycles. The summed E-state index contributed by atoms with van der Waals surface area (Å²) in [7, 11) is 4.10. The van der Waals surface area contributed by atoms with Gasteiger partial charge >= 0.3 is 5.97 Å². The molecule has 11 nitrogen and oxygen atoms in total. The molecule has 1 fully saturated rings. The first-order valence-electron chi connectivity index (χ1n) is 11.7. The van der Waals surface area contributed by atoms with Crippen molar-refractivity contribution in [2.45, 2.75) is 44.3 Å². The highest BCUT2D eigenvalue weighted by Gasteiger charge is 2.53. The Morgan fingerprint density at radius 3 is 2.37 bits per heavy atom. The van der Waals surface area contributed by atoms with E-state index < -0.39 is 41.3 Å². The van der Waals surface area contributed by atoms with E-state index in [-0.39, 0.29) is 17.9 Å². The third-order valence-corrected chi connectivity index (χ3v) is 6.61. The number of methoxy groups -OCH3 is 3. The molecule has 38 heavy (non-hydrogen) atoms. The Hall–Kier alpha value is -3.80. The summed E-state index contributed by atoms with van der Waals surface area (Å²) in [5.74, 6) is -3.47. The molecule has 0 aliphatic carbocycles. The Labute approximate surface area is 220 Å². The fourth-order valence-corrected chi connectivity index (χ4v) is 3.81. The minimum atomic E-state index is -1.45.